The number of hydrogen-bond donors (Lipinski definition) is 4. The highest BCUT2D eigenvalue weighted by Gasteiger charge is 2.20. The summed E-state index contributed by atoms with van der Waals surface area (Å²) in [6.45, 7) is 3.96. The van der Waals surface area contributed by atoms with Gasteiger partial charge in [-0.3, -0.25) is 4.79 Å². The van der Waals surface area contributed by atoms with E-state index in [1.807, 2.05) is 13.0 Å². The van der Waals surface area contributed by atoms with E-state index in [-0.39, 0.29) is 18.9 Å². The van der Waals surface area contributed by atoms with Crippen molar-refractivity contribution in [3.05, 3.63) is 48.6 Å². The maximum absolute atomic E-state index is 12.4. The van der Waals surface area contributed by atoms with Crippen LogP contribution in [0.5, 0.6) is 0 Å². The smallest absolute Gasteiger partial charge is 0.222 e. The number of rotatable bonds is 39. The molecule has 0 aliphatic rings. The molecule has 3 atom stereocenters. The number of allylic oxidation sites excluding steroid dienone is 7. The van der Waals surface area contributed by atoms with Crippen LogP contribution in [0.4, 0.5) is 0 Å². The van der Waals surface area contributed by atoms with Crippen molar-refractivity contribution in [2.24, 2.45) is 0 Å². The summed E-state index contributed by atoms with van der Waals surface area (Å²) in [5.41, 5.74) is 0. The summed E-state index contributed by atoms with van der Waals surface area (Å²) in [5.74, 6) is -0.334. The molecular weight excluding hydrogens is 631 g/mol. The minimum Gasteiger partial charge on any atom is -0.394 e. The van der Waals surface area contributed by atoms with Crippen LogP contribution in [-0.2, 0) is 4.79 Å². The Bertz CT molecular complexity index is 835. The Morgan fingerprint density at radius 1 is 0.529 bits per heavy atom. The van der Waals surface area contributed by atoms with E-state index in [9.17, 15) is 20.1 Å². The Balaban J connectivity index is 3.56. The monoisotopic (exact) mass is 716 g/mol. The zero-order valence-corrected chi connectivity index (χ0v) is 33.7. The van der Waals surface area contributed by atoms with Crippen molar-refractivity contribution in [1.82, 2.24) is 5.32 Å². The third-order valence-electron chi connectivity index (χ3n) is 9.91. The molecule has 0 radical (unpaired) electrons. The molecule has 0 heterocycles. The van der Waals surface area contributed by atoms with Gasteiger partial charge in [0, 0.05) is 0 Å². The number of aliphatic hydroxyl groups excluding tert-OH is 3. The Labute approximate surface area is 316 Å². The van der Waals surface area contributed by atoms with Crippen LogP contribution in [-0.4, -0.2) is 46.1 Å². The van der Waals surface area contributed by atoms with E-state index in [1.54, 1.807) is 6.08 Å². The first kappa shape index (κ1) is 49.3. The molecule has 0 aliphatic carbocycles. The molecule has 0 aromatic carbocycles. The predicted molar refractivity (Wildman–Crippen MR) is 222 cm³/mol. The highest BCUT2D eigenvalue weighted by atomic mass is 16.3. The maximum atomic E-state index is 12.4. The van der Waals surface area contributed by atoms with Gasteiger partial charge in [-0.25, -0.2) is 0 Å². The number of amides is 1. The van der Waals surface area contributed by atoms with Crippen molar-refractivity contribution in [1.29, 1.82) is 0 Å². The Kier molecular flexibility index (Phi) is 39.7. The molecular formula is C46H85NO4. The predicted octanol–water partition coefficient (Wildman–Crippen LogP) is 12.5. The normalized spacial score (nSPS) is 14.1. The van der Waals surface area contributed by atoms with E-state index in [1.165, 1.54) is 148 Å². The van der Waals surface area contributed by atoms with Crippen LogP contribution in [0.2, 0.25) is 0 Å². The molecule has 0 aromatic rings. The molecule has 0 saturated carbocycles. The molecule has 5 heteroatoms. The summed E-state index contributed by atoms with van der Waals surface area (Å²) >= 11 is 0. The summed E-state index contributed by atoms with van der Waals surface area (Å²) in [5, 5.41) is 33.0. The van der Waals surface area contributed by atoms with E-state index in [4.69, 9.17) is 0 Å². The van der Waals surface area contributed by atoms with Gasteiger partial charge in [0.15, 0.2) is 0 Å². The van der Waals surface area contributed by atoms with Gasteiger partial charge in [-0.2, -0.15) is 0 Å². The highest BCUT2D eigenvalue weighted by Crippen LogP contribution is 2.15. The number of nitrogens with one attached hydrogen (secondary N) is 1. The van der Waals surface area contributed by atoms with Gasteiger partial charge in [-0.1, -0.05) is 190 Å². The van der Waals surface area contributed by atoms with Crippen molar-refractivity contribution < 1.29 is 20.1 Å². The van der Waals surface area contributed by atoms with Crippen LogP contribution < -0.4 is 5.32 Å². The maximum Gasteiger partial charge on any atom is 0.222 e. The average Bonchev–Trinajstić information content (AvgIpc) is 3.12. The second kappa shape index (κ2) is 41.1. The molecule has 0 aromatic heterocycles. The lowest BCUT2D eigenvalue weighted by Gasteiger charge is -2.21. The van der Waals surface area contributed by atoms with Gasteiger partial charge in [-0.15, -0.1) is 0 Å². The van der Waals surface area contributed by atoms with Crippen molar-refractivity contribution in [2.75, 3.05) is 6.61 Å². The average molecular weight is 716 g/mol. The minimum atomic E-state index is -0.958. The lowest BCUT2D eigenvalue weighted by Crippen LogP contribution is -2.45. The molecule has 0 bridgehead atoms. The van der Waals surface area contributed by atoms with Crippen molar-refractivity contribution in [3.63, 3.8) is 0 Å². The fourth-order valence-corrected chi connectivity index (χ4v) is 6.55. The van der Waals surface area contributed by atoms with Gasteiger partial charge in [0.1, 0.15) is 0 Å². The second-order valence-corrected chi connectivity index (χ2v) is 14.9. The van der Waals surface area contributed by atoms with Gasteiger partial charge >= 0.3 is 0 Å². The van der Waals surface area contributed by atoms with E-state index in [0.29, 0.717) is 6.42 Å². The molecule has 3 unspecified atom stereocenters. The standard InChI is InChI=1S/C46H85NO4/c1-3-5-7-9-11-13-14-15-16-17-18-19-20-21-22-23-24-25-26-27-28-29-30-32-33-35-37-39-43(49)41-46(51)47-44(42-48)45(50)40-38-36-34-31-12-10-8-6-4-2/h4,6,12,21-22,31,38,40,43-45,48-50H,3,5,7-11,13-20,23-30,32-37,39,41-42H2,1-2H3,(H,47,51)/b6-4+,22-21-,31-12+,40-38+. The molecule has 5 nitrogen and oxygen atoms in total. The topological polar surface area (TPSA) is 89.8 Å². The lowest BCUT2D eigenvalue weighted by atomic mass is 10.0. The summed E-state index contributed by atoms with van der Waals surface area (Å²) < 4.78 is 0. The Hall–Kier alpha value is -1.69. The van der Waals surface area contributed by atoms with Gasteiger partial charge in [-0.05, 0) is 64.7 Å². The van der Waals surface area contributed by atoms with Crippen molar-refractivity contribution in [2.45, 2.75) is 231 Å². The number of aliphatic hydroxyl groups is 3. The zero-order valence-electron chi connectivity index (χ0n) is 33.7. The largest absolute Gasteiger partial charge is 0.394 e. The van der Waals surface area contributed by atoms with Crippen LogP contribution >= 0.6 is 0 Å². The van der Waals surface area contributed by atoms with E-state index >= 15 is 0 Å². The van der Waals surface area contributed by atoms with Gasteiger partial charge < -0.3 is 20.6 Å². The molecule has 298 valence electrons. The Morgan fingerprint density at radius 2 is 0.922 bits per heavy atom. The van der Waals surface area contributed by atoms with Gasteiger partial charge in [0.2, 0.25) is 5.91 Å². The van der Waals surface area contributed by atoms with Crippen LogP contribution in [0.1, 0.15) is 213 Å². The quantitative estimate of drug-likeness (QED) is 0.0377. The summed E-state index contributed by atoms with van der Waals surface area (Å²) in [7, 11) is 0. The summed E-state index contributed by atoms with van der Waals surface area (Å²) in [6.07, 6.45) is 52.9. The summed E-state index contributed by atoms with van der Waals surface area (Å²) in [6, 6.07) is -0.766. The zero-order chi connectivity index (χ0) is 37.3. The van der Waals surface area contributed by atoms with Crippen molar-refractivity contribution >= 4 is 5.91 Å². The van der Waals surface area contributed by atoms with Gasteiger partial charge in [0.05, 0.1) is 31.3 Å². The van der Waals surface area contributed by atoms with Crippen LogP contribution in [0, 0.1) is 0 Å². The molecule has 0 rings (SSSR count). The van der Waals surface area contributed by atoms with Gasteiger partial charge in [0.25, 0.3) is 0 Å². The Morgan fingerprint density at radius 3 is 1.37 bits per heavy atom. The lowest BCUT2D eigenvalue weighted by molar-refractivity contribution is -0.124. The SMILES string of the molecule is C/C=C/CC/C=C/CC/C=C/C(O)C(CO)NC(=O)CC(O)CCCCCCCCCCCCC/C=C\CCCCCCCCCCCCCC. The highest BCUT2D eigenvalue weighted by molar-refractivity contribution is 5.76. The molecule has 1 amide bonds. The van der Waals surface area contributed by atoms with E-state index < -0.39 is 18.2 Å². The number of carbonyl (C=O) groups excluding carboxylic acids is 1. The third kappa shape index (κ3) is 37.9. The number of carbonyl (C=O) groups is 1. The van der Waals surface area contributed by atoms with E-state index in [2.05, 4.69) is 48.7 Å². The second-order valence-electron chi connectivity index (χ2n) is 14.9. The fraction of sp³-hybridized carbons (Fsp3) is 0.804. The molecule has 51 heavy (non-hydrogen) atoms. The van der Waals surface area contributed by atoms with E-state index in [0.717, 1.165) is 38.5 Å². The third-order valence-corrected chi connectivity index (χ3v) is 9.91. The first-order chi connectivity index (χ1) is 25.0. The number of unbranched alkanes of at least 4 members (excludes halogenated alkanes) is 25. The molecule has 0 spiro atoms. The molecule has 0 saturated heterocycles. The van der Waals surface area contributed by atoms with Crippen LogP contribution in [0.15, 0.2) is 48.6 Å². The number of hydrogen-bond acceptors (Lipinski definition) is 4. The molecule has 0 aliphatic heterocycles. The first-order valence-corrected chi connectivity index (χ1v) is 21.9. The minimum absolute atomic E-state index is 0.000706. The summed E-state index contributed by atoms with van der Waals surface area (Å²) in [4.78, 5) is 12.4. The van der Waals surface area contributed by atoms with Crippen molar-refractivity contribution in [3.8, 4) is 0 Å². The first-order valence-electron chi connectivity index (χ1n) is 21.9. The fourth-order valence-electron chi connectivity index (χ4n) is 6.55. The van der Waals surface area contributed by atoms with Crippen LogP contribution in [0.3, 0.4) is 0 Å². The molecule has 4 N–H and O–H groups in total. The molecule has 0 fully saturated rings. The van der Waals surface area contributed by atoms with Crippen LogP contribution in [0.25, 0.3) is 0 Å².